The van der Waals surface area contributed by atoms with Crippen molar-refractivity contribution < 1.29 is 17.6 Å². The molecule has 0 spiro atoms. The second kappa shape index (κ2) is 10.0. The number of nitrogens with zero attached hydrogens (tertiary/aromatic N) is 2. The SMILES string of the molecule is CN1CCC(CCNC(=O)CN(c2ccccc2F)S(=O)(=O)c2ccccc2)CC1. The summed E-state index contributed by atoms with van der Waals surface area (Å²) in [5.74, 6) is -0.598. The number of nitrogens with one attached hydrogen (secondary N) is 1. The van der Waals surface area contributed by atoms with Crippen LogP contribution in [0.15, 0.2) is 59.5 Å². The number of piperidine rings is 1. The zero-order chi connectivity index (χ0) is 21.6. The molecule has 0 bridgehead atoms. The third-order valence-electron chi connectivity index (χ3n) is 5.45. The summed E-state index contributed by atoms with van der Waals surface area (Å²) in [6, 6.07) is 13.3. The second-order valence-corrected chi connectivity index (χ2v) is 9.52. The quantitative estimate of drug-likeness (QED) is 0.695. The van der Waals surface area contributed by atoms with E-state index in [0.717, 1.165) is 36.7 Å². The lowest BCUT2D eigenvalue weighted by Gasteiger charge is -2.29. The highest BCUT2D eigenvalue weighted by atomic mass is 32.2. The van der Waals surface area contributed by atoms with Gasteiger partial charge < -0.3 is 10.2 Å². The van der Waals surface area contributed by atoms with Crippen molar-refractivity contribution in [2.75, 3.05) is 37.5 Å². The number of amides is 1. The van der Waals surface area contributed by atoms with Crippen molar-refractivity contribution in [3.05, 3.63) is 60.4 Å². The Labute approximate surface area is 177 Å². The van der Waals surface area contributed by atoms with Crippen molar-refractivity contribution in [2.45, 2.75) is 24.2 Å². The maximum absolute atomic E-state index is 14.4. The molecular weight excluding hydrogens is 405 g/mol. The van der Waals surface area contributed by atoms with Crippen molar-refractivity contribution in [1.29, 1.82) is 0 Å². The third-order valence-corrected chi connectivity index (χ3v) is 7.23. The number of sulfonamides is 1. The molecule has 1 heterocycles. The van der Waals surface area contributed by atoms with E-state index in [2.05, 4.69) is 17.3 Å². The monoisotopic (exact) mass is 433 g/mol. The van der Waals surface area contributed by atoms with Crippen LogP contribution in [-0.4, -0.2) is 52.5 Å². The average molecular weight is 434 g/mol. The molecular formula is C22H28FN3O3S. The van der Waals surface area contributed by atoms with Gasteiger partial charge in [0, 0.05) is 6.54 Å². The van der Waals surface area contributed by atoms with Gasteiger partial charge in [0.05, 0.1) is 10.6 Å². The standard InChI is InChI=1S/C22H28FN3O3S/c1-25-15-12-18(13-16-25)11-14-24-22(27)17-26(21-10-6-5-9-20(21)23)30(28,29)19-7-3-2-4-8-19/h2-10,18H,11-17H2,1H3,(H,24,27). The number of carbonyl (C=O) groups excluding carboxylic acids is 1. The zero-order valence-electron chi connectivity index (χ0n) is 17.1. The summed E-state index contributed by atoms with van der Waals surface area (Å²) in [4.78, 5) is 14.9. The lowest BCUT2D eigenvalue weighted by molar-refractivity contribution is -0.119. The van der Waals surface area contributed by atoms with E-state index < -0.39 is 28.3 Å². The van der Waals surface area contributed by atoms with E-state index in [9.17, 15) is 17.6 Å². The number of hydrogen-bond acceptors (Lipinski definition) is 4. The number of anilines is 1. The summed E-state index contributed by atoms with van der Waals surface area (Å²) in [7, 11) is -2.00. The van der Waals surface area contributed by atoms with Crippen molar-refractivity contribution in [2.24, 2.45) is 5.92 Å². The summed E-state index contributed by atoms with van der Waals surface area (Å²) < 4.78 is 41.6. The summed E-state index contributed by atoms with van der Waals surface area (Å²) in [6.45, 7) is 2.10. The molecule has 0 aliphatic carbocycles. The fourth-order valence-corrected chi connectivity index (χ4v) is 5.08. The predicted molar refractivity (Wildman–Crippen MR) is 115 cm³/mol. The van der Waals surface area contributed by atoms with Crippen LogP contribution in [0.5, 0.6) is 0 Å². The molecule has 1 aliphatic rings. The first-order valence-electron chi connectivity index (χ1n) is 10.2. The maximum atomic E-state index is 14.4. The molecule has 6 nitrogen and oxygen atoms in total. The molecule has 0 radical (unpaired) electrons. The number of hydrogen-bond donors (Lipinski definition) is 1. The maximum Gasteiger partial charge on any atom is 0.264 e. The smallest absolute Gasteiger partial charge is 0.264 e. The summed E-state index contributed by atoms with van der Waals surface area (Å²) >= 11 is 0. The van der Waals surface area contributed by atoms with Crippen LogP contribution in [0.25, 0.3) is 0 Å². The van der Waals surface area contributed by atoms with Crippen molar-refractivity contribution in [3.8, 4) is 0 Å². The van der Waals surface area contributed by atoms with Crippen LogP contribution < -0.4 is 9.62 Å². The van der Waals surface area contributed by atoms with Crippen LogP contribution in [0.1, 0.15) is 19.3 Å². The third kappa shape index (κ3) is 5.58. The minimum Gasteiger partial charge on any atom is -0.355 e. The van der Waals surface area contributed by atoms with Crippen molar-refractivity contribution in [3.63, 3.8) is 0 Å². The number of rotatable bonds is 8. The van der Waals surface area contributed by atoms with E-state index in [-0.39, 0.29) is 10.6 Å². The van der Waals surface area contributed by atoms with Gasteiger partial charge in [0.25, 0.3) is 10.0 Å². The first-order valence-corrected chi connectivity index (χ1v) is 11.6. The molecule has 0 unspecified atom stereocenters. The Morgan fingerprint density at radius 3 is 2.40 bits per heavy atom. The Morgan fingerprint density at radius 1 is 1.10 bits per heavy atom. The Morgan fingerprint density at radius 2 is 1.73 bits per heavy atom. The normalized spacial score (nSPS) is 15.7. The molecule has 30 heavy (non-hydrogen) atoms. The Hall–Kier alpha value is -2.45. The highest BCUT2D eigenvalue weighted by Gasteiger charge is 2.29. The van der Waals surface area contributed by atoms with E-state index in [0.29, 0.717) is 12.5 Å². The molecule has 1 aliphatic heterocycles. The first-order chi connectivity index (χ1) is 14.4. The van der Waals surface area contributed by atoms with E-state index in [1.165, 1.54) is 30.3 Å². The molecule has 162 valence electrons. The molecule has 3 rings (SSSR count). The van der Waals surface area contributed by atoms with Gasteiger partial charge in [0.15, 0.2) is 0 Å². The first kappa shape index (κ1) is 22.2. The number of carbonyl (C=O) groups is 1. The number of benzene rings is 2. The zero-order valence-corrected chi connectivity index (χ0v) is 17.9. The Balaban J connectivity index is 1.70. The summed E-state index contributed by atoms with van der Waals surface area (Å²) in [5.41, 5.74) is -0.146. The van der Waals surface area contributed by atoms with E-state index in [1.54, 1.807) is 24.3 Å². The average Bonchev–Trinajstić information content (AvgIpc) is 2.75. The summed E-state index contributed by atoms with van der Waals surface area (Å²) in [5, 5.41) is 2.80. The summed E-state index contributed by atoms with van der Waals surface area (Å²) in [6.07, 6.45) is 3.04. The van der Waals surface area contributed by atoms with Gasteiger partial charge in [-0.3, -0.25) is 9.10 Å². The fourth-order valence-electron chi connectivity index (χ4n) is 3.63. The van der Waals surface area contributed by atoms with Crippen molar-refractivity contribution in [1.82, 2.24) is 10.2 Å². The molecule has 0 atom stereocenters. The molecule has 1 saturated heterocycles. The largest absolute Gasteiger partial charge is 0.355 e. The van der Waals surface area contributed by atoms with Gasteiger partial charge in [-0.15, -0.1) is 0 Å². The van der Waals surface area contributed by atoms with E-state index >= 15 is 0 Å². The van der Waals surface area contributed by atoms with Gasteiger partial charge in [-0.25, -0.2) is 12.8 Å². The fraction of sp³-hybridized carbons (Fsp3) is 0.409. The second-order valence-electron chi connectivity index (χ2n) is 7.66. The molecule has 2 aromatic rings. The van der Waals surface area contributed by atoms with Gasteiger partial charge in [-0.05, 0) is 69.6 Å². The number of para-hydroxylation sites is 1. The molecule has 8 heteroatoms. The van der Waals surface area contributed by atoms with Crippen LogP contribution in [0.4, 0.5) is 10.1 Å². The predicted octanol–water partition coefficient (Wildman–Crippen LogP) is 2.87. The van der Waals surface area contributed by atoms with Gasteiger partial charge in [0.1, 0.15) is 12.4 Å². The van der Waals surface area contributed by atoms with Crippen LogP contribution in [0, 0.1) is 11.7 Å². The molecule has 2 aromatic carbocycles. The van der Waals surface area contributed by atoms with Crippen molar-refractivity contribution >= 4 is 21.6 Å². The number of halogens is 1. The van der Waals surface area contributed by atoms with Gasteiger partial charge >= 0.3 is 0 Å². The number of likely N-dealkylation sites (tertiary alicyclic amines) is 1. The van der Waals surface area contributed by atoms with Crippen LogP contribution in [0.3, 0.4) is 0 Å². The lowest BCUT2D eigenvalue weighted by Crippen LogP contribution is -2.42. The minimum atomic E-state index is -4.10. The van der Waals surface area contributed by atoms with Crippen LogP contribution in [0.2, 0.25) is 0 Å². The Bertz CT molecular complexity index is 945. The Kier molecular flexibility index (Phi) is 7.44. The van der Waals surface area contributed by atoms with Crippen LogP contribution in [-0.2, 0) is 14.8 Å². The topological polar surface area (TPSA) is 69.7 Å². The molecule has 1 amide bonds. The van der Waals surface area contributed by atoms with Crippen LogP contribution >= 0.6 is 0 Å². The molecule has 1 N–H and O–H groups in total. The van der Waals surface area contributed by atoms with Gasteiger partial charge in [-0.2, -0.15) is 0 Å². The van der Waals surface area contributed by atoms with Gasteiger partial charge in [-0.1, -0.05) is 30.3 Å². The molecule has 1 fully saturated rings. The molecule has 0 aromatic heterocycles. The highest BCUT2D eigenvalue weighted by molar-refractivity contribution is 7.92. The van der Waals surface area contributed by atoms with E-state index in [4.69, 9.17) is 0 Å². The highest BCUT2D eigenvalue weighted by Crippen LogP contribution is 2.26. The van der Waals surface area contributed by atoms with Gasteiger partial charge in [0.2, 0.25) is 5.91 Å². The lowest BCUT2D eigenvalue weighted by atomic mass is 9.94. The van der Waals surface area contributed by atoms with E-state index in [1.807, 2.05) is 0 Å². The minimum absolute atomic E-state index is 0.00683. The molecule has 0 saturated carbocycles.